The molecule has 0 aliphatic rings. The largest absolute Gasteiger partial charge is 0.494 e. The number of nitrogens with zero attached hydrogens (tertiary/aromatic N) is 3. The van der Waals surface area contributed by atoms with Gasteiger partial charge < -0.3 is 9.64 Å². The Kier molecular flexibility index (Phi) is 8.43. The Balaban J connectivity index is 1.63. The first-order chi connectivity index (χ1) is 15.0. The Morgan fingerprint density at radius 1 is 1.13 bits per heavy atom. The van der Waals surface area contributed by atoms with Crippen molar-refractivity contribution in [3.05, 3.63) is 70.1 Å². The molecule has 0 bridgehead atoms. The van der Waals surface area contributed by atoms with Crippen molar-refractivity contribution in [3.8, 4) is 17.0 Å². The molecule has 2 aromatic carbocycles. The van der Waals surface area contributed by atoms with Gasteiger partial charge in [0.05, 0.1) is 17.8 Å². The number of rotatable bonds is 11. The molecule has 1 aromatic heterocycles. The molecule has 31 heavy (non-hydrogen) atoms. The van der Waals surface area contributed by atoms with Crippen molar-refractivity contribution in [1.82, 2.24) is 14.5 Å². The van der Waals surface area contributed by atoms with Gasteiger partial charge in [0.15, 0.2) is 0 Å². The molecular weight excluding hydrogens is 454 g/mol. The number of hydrogen-bond acceptors (Lipinski definition) is 4. The second-order valence-corrected chi connectivity index (χ2v) is 8.72. The maximum atomic E-state index is 12.4. The van der Waals surface area contributed by atoms with Gasteiger partial charge in [-0.05, 0) is 50.7 Å². The van der Waals surface area contributed by atoms with Gasteiger partial charge >= 0.3 is 5.69 Å². The van der Waals surface area contributed by atoms with Crippen LogP contribution in [0.4, 0.5) is 0 Å². The van der Waals surface area contributed by atoms with Gasteiger partial charge in [0.1, 0.15) is 5.75 Å². The Morgan fingerprint density at radius 2 is 1.87 bits per heavy atom. The van der Waals surface area contributed by atoms with E-state index in [1.165, 1.54) is 12.8 Å². The topological polar surface area (TPSA) is 47.4 Å². The van der Waals surface area contributed by atoms with Gasteiger partial charge in [-0.1, -0.05) is 47.0 Å². The van der Waals surface area contributed by atoms with Crippen LogP contribution in [0.2, 0.25) is 0 Å². The summed E-state index contributed by atoms with van der Waals surface area (Å²) in [7, 11) is 3.87. The fourth-order valence-corrected chi connectivity index (χ4v) is 3.84. The lowest BCUT2D eigenvalue weighted by molar-refractivity contribution is 0.300. The molecule has 3 rings (SSSR count). The van der Waals surface area contributed by atoms with Gasteiger partial charge in [0.2, 0.25) is 0 Å². The lowest BCUT2D eigenvalue weighted by Crippen LogP contribution is -2.21. The minimum Gasteiger partial charge on any atom is -0.494 e. The molecule has 0 unspecified atom stereocenters. The lowest BCUT2D eigenvalue weighted by atomic mass is 10.1. The number of unbranched alkanes of at least 4 members (excludes halogenated alkanes) is 3. The molecule has 0 aliphatic heterocycles. The van der Waals surface area contributed by atoms with Crippen LogP contribution in [0.3, 0.4) is 0 Å². The highest BCUT2D eigenvalue weighted by molar-refractivity contribution is 9.10. The van der Waals surface area contributed by atoms with E-state index in [0.717, 1.165) is 52.6 Å². The number of ether oxygens (including phenoxy) is 1. The number of hydrogen-bond donors (Lipinski definition) is 0. The van der Waals surface area contributed by atoms with Crippen molar-refractivity contribution in [3.63, 3.8) is 0 Å². The molecule has 0 N–H and O–H groups in total. The first kappa shape index (κ1) is 23.2. The molecule has 5 nitrogen and oxygen atoms in total. The number of aryl methyl sites for hydroxylation is 1. The average Bonchev–Trinajstić information content (AvgIpc) is 2.76. The third-order valence-electron chi connectivity index (χ3n) is 5.34. The van der Waals surface area contributed by atoms with Crippen LogP contribution in [-0.4, -0.2) is 41.2 Å². The monoisotopic (exact) mass is 483 g/mol. The van der Waals surface area contributed by atoms with Crippen LogP contribution in [0.25, 0.3) is 22.2 Å². The number of halogens is 1. The maximum Gasteiger partial charge on any atom is 0.348 e. The van der Waals surface area contributed by atoms with Crippen molar-refractivity contribution in [1.29, 1.82) is 0 Å². The van der Waals surface area contributed by atoms with E-state index < -0.39 is 0 Å². The van der Waals surface area contributed by atoms with Crippen LogP contribution >= 0.6 is 15.9 Å². The van der Waals surface area contributed by atoms with Crippen molar-refractivity contribution in [2.45, 2.75) is 25.7 Å². The van der Waals surface area contributed by atoms with E-state index in [1.807, 2.05) is 48.5 Å². The van der Waals surface area contributed by atoms with Gasteiger partial charge in [-0.15, -0.1) is 6.58 Å². The molecular formula is C25H30BrN3O2. The molecule has 164 valence electrons. The number of fused-ring (bicyclic) bond motifs is 1. The molecule has 0 radical (unpaired) electrons. The highest BCUT2D eigenvalue weighted by Gasteiger charge is 2.11. The predicted molar refractivity (Wildman–Crippen MR) is 132 cm³/mol. The maximum absolute atomic E-state index is 12.4. The molecule has 0 aliphatic carbocycles. The summed E-state index contributed by atoms with van der Waals surface area (Å²) in [6.07, 6.45) is 6.48. The standard InChI is InChI=1S/C25H30BrN3O2/c1-4-15-28(2)16-7-5-6-8-17-31-21-13-14-22-23(18-21)29(3)25(30)27-24(22)19-9-11-20(26)12-10-19/h4,9-14,18H,1,5-8,15-17H2,2-3H3. The summed E-state index contributed by atoms with van der Waals surface area (Å²) in [5.41, 5.74) is 2.15. The van der Waals surface area contributed by atoms with Gasteiger partial charge in [-0.3, -0.25) is 4.57 Å². The highest BCUT2D eigenvalue weighted by Crippen LogP contribution is 2.29. The van der Waals surface area contributed by atoms with E-state index in [0.29, 0.717) is 12.3 Å². The quantitative estimate of drug-likeness (QED) is 0.269. The zero-order valence-electron chi connectivity index (χ0n) is 18.3. The molecule has 0 spiro atoms. The third kappa shape index (κ3) is 6.28. The first-order valence-electron chi connectivity index (χ1n) is 10.7. The summed E-state index contributed by atoms with van der Waals surface area (Å²) in [4.78, 5) is 19.0. The summed E-state index contributed by atoms with van der Waals surface area (Å²) < 4.78 is 8.53. The number of likely N-dealkylation sites (N-methyl/N-ethyl adjacent to an activating group) is 1. The zero-order chi connectivity index (χ0) is 22.2. The van der Waals surface area contributed by atoms with Gasteiger partial charge in [0.25, 0.3) is 0 Å². The van der Waals surface area contributed by atoms with E-state index in [-0.39, 0.29) is 5.69 Å². The SMILES string of the molecule is C=CCN(C)CCCCCCOc1ccc2c(-c3ccc(Br)cc3)nc(=O)n(C)c2c1. The highest BCUT2D eigenvalue weighted by atomic mass is 79.9. The minimum absolute atomic E-state index is 0.274. The van der Waals surface area contributed by atoms with Crippen LogP contribution in [0.5, 0.6) is 5.75 Å². The van der Waals surface area contributed by atoms with Crippen LogP contribution in [0.15, 0.2) is 64.4 Å². The fraction of sp³-hybridized carbons (Fsp3) is 0.360. The number of aromatic nitrogens is 2. The average molecular weight is 484 g/mol. The number of benzene rings is 2. The van der Waals surface area contributed by atoms with Gasteiger partial charge in [0, 0.05) is 35.1 Å². The van der Waals surface area contributed by atoms with Crippen LogP contribution in [0, 0.1) is 0 Å². The van der Waals surface area contributed by atoms with Gasteiger partial charge in [-0.25, -0.2) is 4.79 Å². The van der Waals surface area contributed by atoms with E-state index in [9.17, 15) is 4.79 Å². The lowest BCUT2D eigenvalue weighted by Gasteiger charge is -2.14. The molecule has 0 saturated carbocycles. The van der Waals surface area contributed by atoms with Crippen LogP contribution in [0.1, 0.15) is 25.7 Å². The second kappa shape index (κ2) is 11.3. The first-order valence-corrected chi connectivity index (χ1v) is 11.5. The Bertz CT molecular complexity index is 1080. The fourth-order valence-electron chi connectivity index (χ4n) is 3.58. The molecule has 6 heteroatoms. The van der Waals surface area contributed by atoms with E-state index in [1.54, 1.807) is 11.6 Å². The summed E-state index contributed by atoms with van der Waals surface area (Å²) >= 11 is 3.45. The van der Waals surface area contributed by atoms with Gasteiger partial charge in [-0.2, -0.15) is 4.98 Å². The molecule has 0 fully saturated rings. The second-order valence-electron chi connectivity index (χ2n) is 7.80. The van der Waals surface area contributed by atoms with E-state index in [2.05, 4.69) is 39.4 Å². The van der Waals surface area contributed by atoms with Crippen molar-refractivity contribution in [2.24, 2.45) is 7.05 Å². The normalized spacial score (nSPS) is 11.2. The minimum atomic E-state index is -0.274. The van der Waals surface area contributed by atoms with Crippen LogP contribution < -0.4 is 10.4 Å². The van der Waals surface area contributed by atoms with Crippen LogP contribution in [-0.2, 0) is 7.05 Å². The van der Waals surface area contributed by atoms with Crippen molar-refractivity contribution < 1.29 is 4.74 Å². The molecule has 0 amide bonds. The van der Waals surface area contributed by atoms with E-state index in [4.69, 9.17) is 4.74 Å². The Labute approximate surface area is 192 Å². The molecule has 0 atom stereocenters. The Hall–Kier alpha value is -2.44. The van der Waals surface area contributed by atoms with E-state index >= 15 is 0 Å². The smallest absolute Gasteiger partial charge is 0.348 e. The summed E-state index contributed by atoms with van der Waals surface area (Å²) in [5.74, 6) is 0.779. The third-order valence-corrected chi connectivity index (χ3v) is 5.87. The van der Waals surface area contributed by atoms with Crippen molar-refractivity contribution >= 4 is 26.8 Å². The predicted octanol–water partition coefficient (Wildman–Crippen LogP) is 5.42. The Morgan fingerprint density at radius 3 is 2.61 bits per heavy atom. The summed E-state index contributed by atoms with van der Waals surface area (Å²) in [6.45, 7) is 6.48. The molecule has 0 saturated heterocycles. The van der Waals surface area contributed by atoms with Crippen molar-refractivity contribution in [2.75, 3.05) is 26.7 Å². The zero-order valence-corrected chi connectivity index (χ0v) is 19.9. The molecule has 3 aromatic rings. The molecule has 1 heterocycles. The summed E-state index contributed by atoms with van der Waals surface area (Å²) in [6, 6.07) is 13.7. The summed E-state index contributed by atoms with van der Waals surface area (Å²) in [5, 5.41) is 0.931.